The monoisotopic (exact) mass is 339 g/mol. The lowest BCUT2D eigenvalue weighted by atomic mass is 9.82. The highest BCUT2D eigenvalue weighted by Gasteiger charge is 2.40. The van der Waals surface area contributed by atoms with Gasteiger partial charge in [0.1, 0.15) is 0 Å². The molecule has 2 fully saturated rings. The number of ether oxygens (including phenoxy) is 1. The number of pyridine rings is 1. The maximum Gasteiger partial charge on any atom is 0.222 e. The minimum atomic E-state index is 0.00527. The predicted molar refractivity (Wildman–Crippen MR) is 96.1 cm³/mol. The molecule has 0 saturated carbocycles. The van der Waals surface area contributed by atoms with Gasteiger partial charge >= 0.3 is 0 Å². The molecule has 25 heavy (non-hydrogen) atoms. The molecule has 0 aliphatic carbocycles. The van der Waals surface area contributed by atoms with Crippen molar-refractivity contribution in [2.75, 3.05) is 25.0 Å². The lowest BCUT2D eigenvalue weighted by Crippen LogP contribution is -2.51. The van der Waals surface area contributed by atoms with Crippen LogP contribution in [0.5, 0.6) is 0 Å². The Hall–Kier alpha value is -2.05. The summed E-state index contributed by atoms with van der Waals surface area (Å²) in [6, 6.07) is 8.35. The first-order valence-electron chi connectivity index (χ1n) is 9.11. The quantitative estimate of drug-likeness (QED) is 0.923. The van der Waals surface area contributed by atoms with Crippen molar-refractivity contribution < 1.29 is 4.74 Å². The zero-order valence-electron chi connectivity index (χ0n) is 14.5. The maximum absolute atomic E-state index is 6.25. The van der Waals surface area contributed by atoms with Gasteiger partial charge in [-0.3, -0.25) is 9.88 Å². The van der Waals surface area contributed by atoms with E-state index in [4.69, 9.17) is 4.74 Å². The molecule has 2 saturated heterocycles. The largest absolute Gasteiger partial charge is 0.375 e. The zero-order valence-corrected chi connectivity index (χ0v) is 14.5. The third kappa shape index (κ3) is 4.14. The van der Waals surface area contributed by atoms with Gasteiger partial charge in [-0.25, -0.2) is 9.97 Å². The second-order valence-electron chi connectivity index (χ2n) is 7.04. The average Bonchev–Trinajstić information content (AvgIpc) is 2.66. The summed E-state index contributed by atoms with van der Waals surface area (Å²) in [4.78, 5) is 15.5. The summed E-state index contributed by atoms with van der Waals surface area (Å²) in [5.74, 6) is 0.720. The summed E-state index contributed by atoms with van der Waals surface area (Å²) < 4.78 is 6.25. The van der Waals surface area contributed by atoms with Crippen molar-refractivity contribution in [1.82, 2.24) is 19.9 Å². The normalized spacial score (nSPS) is 23.4. The van der Waals surface area contributed by atoms with Gasteiger partial charge in [0.25, 0.3) is 0 Å². The molecule has 0 bridgehead atoms. The number of piperidine rings is 1. The summed E-state index contributed by atoms with van der Waals surface area (Å²) in [5.41, 5.74) is 1.15. The molecular weight excluding hydrogens is 314 g/mol. The summed E-state index contributed by atoms with van der Waals surface area (Å²) >= 11 is 0. The maximum atomic E-state index is 6.25. The molecule has 2 aliphatic heterocycles. The van der Waals surface area contributed by atoms with E-state index >= 15 is 0 Å². The van der Waals surface area contributed by atoms with Crippen LogP contribution in [0.3, 0.4) is 0 Å². The van der Waals surface area contributed by atoms with Gasteiger partial charge in [0.05, 0.1) is 11.3 Å². The number of nitrogens with one attached hydrogen (secondary N) is 1. The number of likely N-dealkylation sites (tertiary alicyclic amines) is 1. The number of hydrogen-bond donors (Lipinski definition) is 1. The molecular formula is C19H25N5O. The second kappa shape index (κ2) is 7.45. The Balaban J connectivity index is 1.32. The summed E-state index contributed by atoms with van der Waals surface area (Å²) in [6.07, 6.45) is 9.62. The number of anilines is 1. The number of hydrogen-bond acceptors (Lipinski definition) is 6. The van der Waals surface area contributed by atoms with E-state index in [0.717, 1.165) is 63.6 Å². The fourth-order valence-corrected chi connectivity index (χ4v) is 3.90. The highest BCUT2D eigenvalue weighted by atomic mass is 16.5. The van der Waals surface area contributed by atoms with Gasteiger partial charge in [-0.2, -0.15) is 0 Å². The van der Waals surface area contributed by atoms with Crippen molar-refractivity contribution in [3.05, 3.63) is 48.5 Å². The fourth-order valence-electron chi connectivity index (χ4n) is 3.90. The minimum Gasteiger partial charge on any atom is -0.375 e. The van der Waals surface area contributed by atoms with Crippen LogP contribution >= 0.6 is 0 Å². The van der Waals surface area contributed by atoms with E-state index in [9.17, 15) is 0 Å². The smallest absolute Gasteiger partial charge is 0.222 e. The van der Waals surface area contributed by atoms with Crippen LogP contribution in [-0.4, -0.2) is 51.2 Å². The molecule has 2 aromatic rings. The molecule has 2 aromatic heterocycles. The van der Waals surface area contributed by atoms with Crippen LogP contribution in [0.25, 0.3) is 0 Å². The Morgan fingerprint density at radius 2 is 1.88 bits per heavy atom. The van der Waals surface area contributed by atoms with Gasteiger partial charge in [-0.1, -0.05) is 6.07 Å². The van der Waals surface area contributed by atoms with Crippen molar-refractivity contribution in [3.8, 4) is 0 Å². The van der Waals surface area contributed by atoms with E-state index in [1.165, 1.54) is 0 Å². The molecule has 0 aromatic carbocycles. The topological polar surface area (TPSA) is 63.2 Å². The molecule has 132 valence electrons. The van der Waals surface area contributed by atoms with Crippen LogP contribution in [0.1, 0.15) is 31.4 Å². The van der Waals surface area contributed by atoms with Gasteiger partial charge in [-0.05, 0) is 43.9 Å². The van der Waals surface area contributed by atoms with E-state index in [1.807, 2.05) is 18.3 Å². The van der Waals surface area contributed by atoms with Crippen LogP contribution in [0.15, 0.2) is 42.9 Å². The van der Waals surface area contributed by atoms with Gasteiger partial charge in [0.15, 0.2) is 0 Å². The lowest BCUT2D eigenvalue weighted by molar-refractivity contribution is -0.115. The standard InChI is InChI=1S/C19H25N5O/c1-2-8-20-17(4-1)15-24-11-6-19(7-12-24)14-16(5-13-25-19)23-18-21-9-3-10-22-18/h1-4,8-10,16H,5-7,11-15H2,(H,21,22,23). The van der Waals surface area contributed by atoms with Crippen LogP contribution in [-0.2, 0) is 11.3 Å². The summed E-state index contributed by atoms with van der Waals surface area (Å²) in [5, 5.41) is 3.48. The molecule has 1 atom stereocenters. The van der Waals surface area contributed by atoms with Gasteiger partial charge < -0.3 is 10.1 Å². The van der Waals surface area contributed by atoms with Crippen molar-refractivity contribution in [2.45, 2.75) is 43.9 Å². The Morgan fingerprint density at radius 1 is 1.08 bits per heavy atom. The Labute approximate surface area is 148 Å². The zero-order chi connectivity index (χ0) is 17.0. The predicted octanol–water partition coefficient (Wildman–Crippen LogP) is 2.50. The molecule has 6 heteroatoms. The molecule has 4 rings (SSSR count). The van der Waals surface area contributed by atoms with Gasteiger partial charge in [0.2, 0.25) is 5.95 Å². The highest BCUT2D eigenvalue weighted by Crippen LogP contribution is 2.36. The molecule has 6 nitrogen and oxygen atoms in total. The Kier molecular flexibility index (Phi) is 4.90. The van der Waals surface area contributed by atoms with Crippen molar-refractivity contribution in [2.24, 2.45) is 0 Å². The lowest BCUT2D eigenvalue weighted by Gasteiger charge is -2.46. The van der Waals surface area contributed by atoms with Gasteiger partial charge in [0, 0.05) is 50.9 Å². The van der Waals surface area contributed by atoms with E-state index in [0.29, 0.717) is 6.04 Å². The first-order chi connectivity index (χ1) is 12.3. The molecule has 1 spiro atoms. The number of rotatable bonds is 4. The van der Waals surface area contributed by atoms with E-state index in [2.05, 4.69) is 37.3 Å². The summed E-state index contributed by atoms with van der Waals surface area (Å²) in [7, 11) is 0. The fraction of sp³-hybridized carbons (Fsp3) is 0.526. The molecule has 1 unspecified atom stereocenters. The third-order valence-corrected chi connectivity index (χ3v) is 5.27. The molecule has 1 N–H and O–H groups in total. The number of aromatic nitrogens is 3. The van der Waals surface area contributed by atoms with Gasteiger partial charge in [-0.15, -0.1) is 0 Å². The molecule has 4 heterocycles. The first kappa shape index (κ1) is 16.4. The minimum absolute atomic E-state index is 0.00527. The molecule has 2 aliphatic rings. The number of nitrogens with zero attached hydrogens (tertiary/aromatic N) is 4. The van der Waals surface area contributed by atoms with Crippen LogP contribution in [0.2, 0.25) is 0 Å². The van der Waals surface area contributed by atoms with E-state index < -0.39 is 0 Å². The van der Waals surface area contributed by atoms with Crippen molar-refractivity contribution in [1.29, 1.82) is 0 Å². The highest BCUT2D eigenvalue weighted by molar-refractivity contribution is 5.25. The van der Waals surface area contributed by atoms with E-state index in [1.54, 1.807) is 12.4 Å². The molecule has 0 amide bonds. The van der Waals surface area contributed by atoms with Crippen LogP contribution in [0, 0.1) is 0 Å². The Morgan fingerprint density at radius 3 is 2.64 bits per heavy atom. The third-order valence-electron chi connectivity index (χ3n) is 5.27. The first-order valence-corrected chi connectivity index (χ1v) is 9.11. The summed E-state index contributed by atoms with van der Waals surface area (Å²) in [6.45, 7) is 3.86. The van der Waals surface area contributed by atoms with E-state index in [-0.39, 0.29) is 5.60 Å². The average molecular weight is 339 g/mol. The molecule has 0 radical (unpaired) electrons. The van der Waals surface area contributed by atoms with Crippen LogP contribution < -0.4 is 5.32 Å². The van der Waals surface area contributed by atoms with Crippen LogP contribution in [0.4, 0.5) is 5.95 Å². The van der Waals surface area contributed by atoms with Crippen molar-refractivity contribution >= 4 is 5.95 Å². The Bertz CT molecular complexity index is 658. The van der Waals surface area contributed by atoms with Crippen molar-refractivity contribution in [3.63, 3.8) is 0 Å². The second-order valence-corrected chi connectivity index (χ2v) is 7.04. The SMILES string of the molecule is c1ccc(CN2CCC3(CC2)CC(Nc2ncccn2)CCO3)nc1.